The van der Waals surface area contributed by atoms with E-state index in [2.05, 4.69) is 0 Å². The van der Waals surface area contributed by atoms with Crippen molar-refractivity contribution < 1.29 is 33.7 Å². The molecule has 0 radical (unpaired) electrons. The third-order valence-corrected chi connectivity index (χ3v) is 9.75. The molecule has 0 aliphatic heterocycles. The number of carbonyl (C=O) groups excluding carboxylic acids is 3. The molecule has 34 heavy (non-hydrogen) atoms. The van der Waals surface area contributed by atoms with Crippen molar-refractivity contribution in [3.05, 3.63) is 23.8 Å². The van der Waals surface area contributed by atoms with Gasteiger partial charge in [0.2, 0.25) is 5.78 Å². The van der Waals surface area contributed by atoms with Crippen LogP contribution in [0.1, 0.15) is 72.6 Å². The second-order valence-electron chi connectivity index (χ2n) is 11.4. The van der Waals surface area contributed by atoms with E-state index in [9.17, 15) is 24.6 Å². The lowest BCUT2D eigenvalue weighted by Crippen LogP contribution is -2.69. The number of alkyl halides is 1. The van der Waals surface area contributed by atoms with Gasteiger partial charge in [-0.15, -0.1) is 0 Å². The summed E-state index contributed by atoms with van der Waals surface area (Å²) >= 11 is 0. The highest BCUT2D eigenvalue weighted by Gasteiger charge is 2.75. The summed E-state index contributed by atoms with van der Waals surface area (Å²) in [6.07, 6.45) is 6.03. The number of halogens is 1. The number of aliphatic hydroxyl groups excluding tert-OH is 1. The number of Topliss-reactive ketones (excluding diaryl/α,β-unsaturated/α-hetero) is 1. The Morgan fingerprint density at radius 3 is 2.65 bits per heavy atom. The molecule has 6 nitrogen and oxygen atoms in total. The van der Waals surface area contributed by atoms with E-state index in [4.69, 9.17) is 4.74 Å². The number of unbranched alkanes of at least 4 members (excludes halogenated alkanes) is 1. The first-order valence-corrected chi connectivity index (χ1v) is 12.6. The molecule has 8 atom stereocenters. The fourth-order valence-corrected chi connectivity index (χ4v) is 7.79. The highest BCUT2D eigenvalue weighted by Crippen LogP contribution is 2.70. The molecule has 4 unspecified atom stereocenters. The summed E-state index contributed by atoms with van der Waals surface area (Å²) in [5.74, 6) is -2.64. The van der Waals surface area contributed by atoms with E-state index in [0.29, 0.717) is 31.3 Å². The Balaban J connectivity index is 1.65. The van der Waals surface area contributed by atoms with Crippen molar-refractivity contribution in [2.75, 3.05) is 6.61 Å². The van der Waals surface area contributed by atoms with Crippen molar-refractivity contribution in [2.24, 2.45) is 28.6 Å². The predicted molar refractivity (Wildman–Crippen MR) is 123 cm³/mol. The van der Waals surface area contributed by atoms with Gasteiger partial charge in [-0.3, -0.25) is 14.4 Å². The molecular weight excluding hydrogens is 439 g/mol. The maximum Gasteiger partial charge on any atom is 0.306 e. The van der Waals surface area contributed by atoms with Gasteiger partial charge in [0.15, 0.2) is 18.1 Å². The van der Waals surface area contributed by atoms with Crippen molar-refractivity contribution in [3.8, 4) is 0 Å². The summed E-state index contributed by atoms with van der Waals surface area (Å²) in [6.45, 7) is 6.72. The number of allylic oxidation sites excluding steroid dienone is 4. The van der Waals surface area contributed by atoms with Gasteiger partial charge in [0.05, 0.1) is 6.10 Å². The summed E-state index contributed by atoms with van der Waals surface area (Å²) in [5.41, 5.74) is -5.34. The largest absolute Gasteiger partial charge is 0.458 e. The Hall–Kier alpha value is -1.86. The van der Waals surface area contributed by atoms with Crippen LogP contribution in [0.25, 0.3) is 0 Å². The lowest BCUT2D eigenvalue weighted by Gasteiger charge is -2.62. The Morgan fingerprint density at radius 1 is 1.26 bits per heavy atom. The van der Waals surface area contributed by atoms with Crippen molar-refractivity contribution >= 4 is 17.5 Å². The Labute approximate surface area is 200 Å². The van der Waals surface area contributed by atoms with Crippen LogP contribution in [0.4, 0.5) is 4.39 Å². The number of esters is 1. The van der Waals surface area contributed by atoms with Crippen LogP contribution in [-0.4, -0.2) is 51.7 Å². The zero-order chi connectivity index (χ0) is 25.1. The average molecular weight is 477 g/mol. The van der Waals surface area contributed by atoms with Crippen molar-refractivity contribution in [1.82, 2.24) is 0 Å². The molecule has 0 aromatic rings. The molecular formula is C27H37FO6. The van der Waals surface area contributed by atoms with Crippen LogP contribution in [0.2, 0.25) is 0 Å². The third-order valence-electron chi connectivity index (χ3n) is 9.75. The SMILES string of the molecule is CCCCC(=O)OCC(=O)[C@@]1(O)C(C)CC2C3CCC4=CC(=O)C=C[C@]4(C)[C@@]3(F)C(O)C[C@@]21C. The zero-order valence-corrected chi connectivity index (χ0v) is 20.6. The van der Waals surface area contributed by atoms with Gasteiger partial charge >= 0.3 is 5.97 Å². The molecule has 7 heteroatoms. The highest BCUT2D eigenvalue weighted by atomic mass is 19.1. The van der Waals surface area contributed by atoms with Crippen LogP contribution < -0.4 is 0 Å². The first kappa shape index (κ1) is 25.2. The summed E-state index contributed by atoms with van der Waals surface area (Å²) in [4.78, 5) is 37.2. The highest BCUT2D eigenvalue weighted by molar-refractivity contribution is 6.01. The minimum Gasteiger partial charge on any atom is -0.458 e. The quantitative estimate of drug-likeness (QED) is 0.568. The molecule has 188 valence electrons. The van der Waals surface area contributed by atoms with Gasteiger partial charge in [0, 0.05) is 23.2 Å². The predicted octanol–water partition coefficient (Wildman–Crippen LogP) is 3.64. The number of carbonyl (C=O) groups is 3. The molecule has 3 saturated carbocycles. The number of hydrogen-bond acceptors (Lipinski definition) is 6. The van der Waals surface area contributed by atoms with Crippen LogP contribution in [-0.2, 0) is 19.1 Å². The maximum atomic E-state index is 17.1. The van der Waals surface area contributed by atoms with Crippen molar-refractivity contribution in [3.63, 3.8) is 0 Å². The third kappa shape index (κ3) is 3.22. The average Bonchev–Trinajstić information content (AvgIpc) is 2.99. The van der Waals surface area contributed by atoms with Gasteiger partial charge in [-0.1, -0.05) is 38.8 Å². The van der Waals surface area contributed by atoms with Crippen molar-refractivity contribution in [1.29, 1.82) is 0 Å². The minimum absolute atomic E-state index is 0.0916. The van der Waals surface area contributed by atoms with Crippen LogP contribution in [0.15, 0.2) is 23.8 Å². The van der Waals surface area contributed by atoms with Gasteiger partial charge in [-0.25, -0.2) is 4.39 Å². The lowest BCUT2D eigenvalue weighted by atomic mass is 9.44. The van der Waals surface area contributed by atoms with E-state index in [1.54, 1.807) is 26.8 Å². The van der Waals surface area contributed by atoms with Gasteiger partial charge in [-0.05, 0) is 63.0 Å². The second kappa shape index (κ2) is 8.37. The Kier molecular flexibility index (Phi) is 6.21. The molecule has 4 aliphatic carbocycles. The standard InChI is InChI=1S/C27H37FO6/c1-5-6-7-23(32)34-15-22(31)27(33)16(2)12-20-19-9-8-17-13-18(29)10-11-24(17,3)26(19,28)21(30)14-25(20,27)4/h10-11,13,16,19-21,30,33H,5-9,12,14-15H2,1-4H3/t16?,19?,20?,21?,24-,25-,26-,27-/m0/s1. The fraction of sp³-hybridized carbons (Fsp3) is 0.741. The molecule has 3 fully saturated rings. The molecule has 0 bridgehead atoms. The summed E-state index contributed by atoms with van der Waals surface area (Å²) < 4.78 is 22.3. The van der Waals surface area contributed by atoms with Gasteiger partial charge < -0.3 is 14.9 Å². The van der Waals surface area contributed by atoms with E-state index in [1.165, 1.54) is 12.2 Å². The van der Waals surface area contributed by atoms with Crippen molar-refractivity contribution in [2.45, 2.75) is 90.0 Å². The van der Waals surface area contributed by atoms with E-state index < -0.39 is 58.4 Å². The number of ketones is 2. The van der Waals surface area contributed by atoms with Crippen LogP contribution in [0, 0.1) is 28.6 Å². The van der Waals surface area contributed by atoms with Crippen LogP contribution in [0.3, 0.4) is 0 Å². The first-order chi connectivity index (χ1) is 15.9. The Bertz CT molecular complexity index is 957. The first-order valence-electron chi connectivity index (χ1n) is 12.6. The normalized spacial score (nSPS) is 45.1. The number of rotatable bonds is 6. The molecule has 0 spiro atoms. The smallest absolute Gasteiger partial charge is 0.306 e. The number of fused-ring (bicyclic) bond motifs is 5. The van der Waals surface area contributed by atoms with E-state index >= 15 is 4.39 Å². The van der Waals surface area contributed by atoms with E-state index in [1.807, 2.05) is 6.92 Å². The maximum absolute atomic E-state index is 17.1. The van der Waals surface area contributed by atoms with E-state index in [0.717, 1.165) is 6.42 Å². The zero-order valence-electron chi connectivity index (χ0n) is 20.6. The fourth-order valence-electron chi connectivity index (χ4n) is 7.79. The van der Waals surface area contributed by atoms with Gasteiger partial charge in [-0.2, -0.15) is 0 Å². The molecule has 0 amide bonds. The number of aliphatic hydroxyl groups is 2. The molecule has 4 aliphatic rings. The van der Waals surface area contributed by atoms with Crippen LogP contribution in [0.5, 0.6) is 0 Å². The number of ether oxygens (including phenoxy) is 1. The summed E-state index contributed by atoms with van der Waals surface area (Å²) in [5, 5.41) is 23.2. The molecule has 4 rings (SSSR count). The Morgan fingerprint density at radius 2 is 1.97 bits per heavy atom. The summed E-state index contributed by atoms with van der Waals surface area (Å²) in [7, 11) is 0. The molecule has 0 aromatic carbocycles. The summed E-state index contributed by atoms with van der Waals surface area (Å²) in [6, 6.07) is 0. The van der Waals surface area contributed by atoms with Gasteiger partial charge in [0.1, 0.15) is 5.60 Å². The monoisotopic (exact) mass is 476 g/mol. The lowest BCUT2D eigenvalue weighted by molar-refractivity contribution is -0.220. The second-order valence-corrected chi connectivity index (χ2v) is 11.4. The number of hydrogen-bond donors (Lipinski definition) is 2. The molecule has 0 aromatic heterocycles. The molecule has 0 heterocycles. The van der Waals surface area contributed by atoms with Crippen LogP contribution >= 0.6 is 0 Å². The molecule has 2 N–H and O–H groups in total. The topological polar surface area (TPSA) is 101 Å². The van der Waals surface area contributed by atoms with E-state index in [-0.39, 0.29) is 24.5 Å². The van der Waals surface area contributed by atoms with Gasteiger partial charge in [0.25, 0.3) is 0 Å². The minimum atomic E-state index is -2.01. The molecule has 0 saturated heterocycles.